The van der Waals surface area contributed by atoms with Crippen LogP contribution in [-0.4, -0.2) is 25.6 Å². The molecule has 2 rings (SSSR count). The SMILES string of the molecule is O=[N+]([O-])c1cccc(CS(=O)(=O)NCCSc2ccc(Cl)cc2)c1. The lowest BCUT2D eigenvalue weighted by Gasteiger charge is -2.07. The van der Waals surface area contributed by atoms with Gasteiger partial charge in [-0.2, -0.15) is 0 Å². The molecule has 0 atom stereocenters. The van der Waals surface area contributed by atoms with Gasteiger partial charge in [-0.25, -0.2) is 13.1 Å². The van der Waals surface area contributed by atoms with Gasteiger partial charge in [-0.15, -0.1) is 11.8 Å². The molecule has 0 aromatic heterocycles. The third kappa shape index (κ3) is 6.12. The van der Waals surface area contributed by atoms with Crippen molar-refractivity contribution in [2.75, 3.05) is 12.3 Å². The molecule has 2 aromatic carbocycles. The predicted molar refractivity (Wildman–Crippen MR) is 95.9 cm³/mol. The molecule has 24 heavy (non-hydrogen) atoms. The quantitative estimate of drug-likeness (QED) is 0.325. The summed E-state index contributed by atoms with van der Waals surface area (Å²) in [6.07, 6.45) is 0. The zero-order valence-electron chi connectivity index (χ0n) is 12.5. The van der Waals surface area contributed by atoms with Crippen LogP contribution < -0.4 is 4.72 Å². The number of thioether (sulfide) groups is 1. The lowest BCUT2D eigenvalue weighted by atomic mass is 10.2. The lowest BCUT2D eigenvalue weighted by molar-refractivity contribution is -0.384. The number of benzene rings is 2. The zero-order valence-corrected chi connectivity index (χ0v) is 14.9. The Labute approximate surface area is 149 Å². The molecule has 9 heteroatoms. The zero-order chi connectivity index (χ0) is 17.6. The second-order valence-corrected chi connectivity index (χ2v) is 8.29. The second-order valence-electron chi connectivity index (χ2n) is 4.88. The number of nitro groups is 1. The minimum Gasteiger partial charge on any atom is -0.258 e. The van der Waals surface area contributed by atoms with Crippen molar-refractivity contribution in [3.63, 3.8) is 0 Å². The number of nitrogens with zero attached hydrogens (tertiary/aromatic N) is 1. The molecular weight excluding hydrogens is 372 g/mol. The van der Waals surface area contributed by atoms with Gasteiger partial charge >= 0.3 is 0 Å². The van der Waals surface area contributed by atoms with Crippen LogP contribution in [0.4, 0.5) is 5.69 Å². The van der Waals surface area contributed by atoms with Crippen molar-refractivity contribution in [2.45, 2.75) is 10.6 Å². The van der Waals surface area contributed by atoms with Gasteiger partial charge in [0.05, 0.1) is 10.7 Å². The fourth-order valence-electron chi connectivity index (χ4n) is 1.93. The minimum atomic E-state index is -3.55. The van der Waals surface area contributed by atoms with E-state index in [-0.39, 0.29) is 18.0 Å². The number of non-ortho nitro benzene ring substituents is 1. The van der Waals surface area contributed by atoms with Crippen LogP contribution in [0.5, 0.6) is 0 Å². The molecule has 0 aliphatic heterocycles. The van der Waals surface area contributed by atoms with E-state index in [9.17, 15) is 18.5 Å². The van der Waals surface area contributed by atoms with Gasteiger partial charge in [0.2, 0.25) is 10.0 Å². The number of hydrogen-bond donors (Lipinski definition) is 1. The average Bonchev–Trinajstić information content (AvgIpc) is 2.53. The molecule has 0 spiro atoms. The first-order valence-electron chi connectivity index (χ1n) is 6.95. The molecule has 2 aromatic rings. The van der Waals surface area contributed by atoms with Gasteiger partial charge in [0, 0.05) is 34.3 Å². The Balaban J connectivity index is 1.84. The topological polar surface area (TPSA) is 89.3 Å². The van der Waals surface area contributed by atoms with Gasteiger partial charge in [0.1, 0.15) is 0 Å². The molecule has 0 bridgehead atoms. The van der Waals surface area contributed by atoms with Gasteiger partial charge in [-0.1, -0.05) is 23.7 Å². The van der Waals surface area contributed by atoms with Crippen LogP contribution in [0.25, 0.3) is 0 Å². The van der Waals surface area contributed by atoms with Gasteiger partial charge < -0.3 is 0 Å². The van der Waals surface area contributed by atoms with E-state index in [1.54, 1.807) is 18.2 Å². The maximum absolute atomic E-state index is 12.0. The number of halogens is 1. The van der Waals surface area contributed by atoms with Crippen molar-refractivity contribution in [1.29, 1.82) is 0 Å². The molecule has 6 nitrogen and oxygen atoms in total. The number of nitrogens with one attached hydrogen (secondary N) is 1. The van der Waals surface area contributed by atoms with E-state index >= 15 is 0 Å². The van der Waals surface area contributed by atoms with Crippen LogP contribution in [0.3, 0.4) is 0 Å². The van der Waals surface area contributed by atoms with Gasteiger partial charge in [-0.05, 0) is 29.8 Å². The Kier molecular flexibility index (Phi) is 6.61. The third-order valence-corrected chi connectivity index (χ3v) is 5.61. The highest BCUT2D eigenvalue weighted by molar-refractivity contribution is 7.99. The maximum atomic E-state index is 12.0. The van der Waals surface area contributed by atoms with E-state index in [0.717, 1.165) is 4.90 Å². The molecule has 1 N–H and O–H groups in total. The van der Waals surface area contributed by atoms with E-state index in [2.05, 4.69) is 4.72 Å². The van der Waals surface area contributed by atoms with Gasteiger partial charge in [0.15, 0.2) is 0 Å². The number of rotatable bonds is 8. The summed E-state index contributed by atoms with van der Waals surface area (Å²) in [6, 6.07) is 12.9. The standard InChI is InChI=1S/C15H15ClN2O4S2/c16-13-4-6-15(7-5-13)23-9-8-17-24(21,22)11-12-2-1-3-14(10-12)18(19)20/h1-7,10,17H,8-9,11H2. The summed E-state index contributed by atoms with van der Waals surface area (Å²) in [7, 11) is -3.55. The summed E-state index contributed by atoms with van der Waals surface area (Å²) in [5.41, 5.74) is 0.253. The summed E-state index contributed by atoms with van der Waals surface area (Å²) in [6.45, 7) is 0.268. The summed E-state index contributed by atoms with van der Waals surface area (Å²) in [4.78, 5) is 11.2. The van der Waals surface area contributed by atoms with Crippen LogP contribution in [-0.2, 0) is 15.8 Å². The fourth-order valence-corrected chi connectivity index (χ4v) is 4.08. The number of nitro benzene ring substituents is 1. The Morgan fingerprint density at radius 1 is 1.17 bits per heavy atom. The highest BCUT2D eigenvalue weighted by Gasteiger charge is 2.13. The summed E-state index contributed by atoms with van der Waals surface area (Å²) in [5, 5.41) is 11.4. The maximum Gasteiger partial charge on any atom is 0.269 e. The highest BCUT2D eigenvalue weighted by atomic mass is 35.5. The van der Waals surface area contributed by atoms with Crippen molar-refractivity contribution in [3.05, 3.63) is 69.2 Å². The fraction of sp³-hybridized carbons (Fsp3) is 0.200. The largest absolute Gasteiger partial charge is 0.269 e. The summed E-state index contributed by atoms with van der Waals surface area (Å²) < 4.78 is 26.6. The Hall–Kier alpha value is -1.61. The molecule has 0 heterocycles. The molecule has 0 fully saturated rings. The van der Waals surface area contributed by atoms with Crippen molar-refractivity contribution >= 4 is 39.1 Å². The van der Waals surface area contributed by atoms with Crippen molar-refractivity contribution in [3.8, 4) is 0 Å². The first kappa shape index (κ1) is 18.7. The molecule has 0 aliphatic carbocycles. The van der Waals surface area contributed by atoms with Gasteiger partial charge in [0.25, 0.3) is 5.69 Å². The molecule has 0 radical (unpaired) electrons. The molecule has 0 saturated carbocycles. The predicted octanol–water partition coefficient (Wildman–Crippen LogP) is 3.46. The van der Waals surface area contributed by atoms with Crippen molar-refractivity contribution in [2.24, 2.45) is 0 Å². The molecule has 0 amide bonds. The van der Waals surface area contributed by atoms with E-state index in [1.165, 1.54) is 30.0 Å². The number of hydrogen-bond acceptors (Lipinski definition) is 5. The normalized spacial score (nSPS) is 11.4. The van der Waals surface area contributed by atoms with Crippen molar-refractivity contribution < 1.29 is 13.3 Å². The molecular formula is C15H15ClN2O4S2. The summed E-state index contributed by atoms with van der Waals surface area (Å²) in [5.74, 6) is 0.274. The average molecular weight is 387 g/mol. The molecule has 0 aliphatic rings. The van der Waals surface area contributed by atoms with Crippen LogP contribution in [0.15, 0.2) is 53.4 Å². The summed E-state index contributed by atoms with van der Waals surface area (Å²) >= 11 is 7.31. The second kappa shape index (κ2) is 8.48. The van der Waals surface area contributed by atoms with Crippen LogP contribution in [0.2, 0.25) is 5.02 Å². The lowest BCUT2D eigenvalue weighted by Crippen LogP contribution is -2.27. The molecule has 0 saturated heterocycles. The van der Waals surface area contributed by atoms with Crippen LogP contribution in [0.1, 0.15) is 5.56 Å². The van der Waals surface area contributed by atoms with E-state index in [1.807, 2.05) is 12.1 Å². The van der Waals surface area contributed by atoms with Crippen molar-refractivity contribution in [1.82, 2.24) is 4.72 Å². The van der Waals surface area contributed by atoms with Crippen LogP contribution >= 0.6 is 23.4 Å². The molecule has 0 unspecified atom stereocenters. The van der Waals surface area contributed by atoms with E-state index < -0.39 is 14.9 Å². The Bertz CT molecular complexity index is 810. The smallest absolute Gasteiger partial charge is 0.258 e. The highest BCUT2D eigenvalue weighted by Crippen LogP contribution is 2.20. The first-order valence-corrected chi connectivity index (χ1v) is 9.96. The minimum absolute atomic E-state index is 0.124. The van der Waals surface area contributed by atoms with Gasteiger partial charge in [-0.3, -0.25) is 10.1 Å². The van der Waals surface area contributed by atoms with E-state index in [0.29, 0.717) is 16.3 Å². The third-order valence-electron chi connectivity index (χ3n) is 2.98. The first-order chi connectivity index (χ1) is 11.4. The molecule has 128 valence electrons. The monoisotopic (exact) mass is 386 g/mol. The van der Waals surface area contributed by atoms with Crippen LogP contribution in [0, 0.1) is 10.1 Å². The number of sulfonamides is 1. The Morgan fingerprint density at radius 2 is 1.88 bits per heavy atom. The van der Waals surface area contributed by atoms with E-state index in [4.69, 9.17) is 11.6 Å². The Morgan fingerprint density at radius 3 is 2.54 bits per heavy atom.